The average molecular weight is 375 g/mol. The molecular formula is C26H17NO2. The van der Waals surface area contributed by atoms with Gasteiger partial charge in [0.1, 0.15) is 0 Å². The first-order chi connectivity index (χ1) is 14.3. The molecule has 4 aromatic rings. The fraction of sp³-hybridized carbons (Fsp3) is 0. The summed E-state index contributed by atoms with van der Waals surface area (Å²) in [6.07, 6.45) is 0. The molecule has 4 aromatic carbocycles. The Kier molecular flexibility index (Phi) is 4.07. The Balaban J connectivity index is 1.78. The predicted molar refractivity (Wildman–Crippen MR) is 115 cm³/mol. The highest BCUT2D eigenvalue weighted by atomic mass is 16.2. The summed E-state index contributed by atoms with van der Waals surface area (Å²) in [5, 5.41) is 0. The fourth-order valence-electron chi connectivity index (χ4n) is 3.89. The van der Waals surface area contributed by atoms with Crippen LogP contribution in [0.3, 0.4) is 0 Å². The first-order valence-electron chi connectivity index (χ1n) is 9.47. The van der Waals surface area contributed by atoms with E-state index in [9.17, 15) is 9.59 Å². The maximum Gasteiger partial charge on any atom is 0.266 e. The number of rotatable bonds is 3. The van der Waals surface area contributed by atoms with Crippen LogP contribution < -0.4 is 4.90 Å². The van der Waals surface area contributed by atoms with Crippen molar-refractivity contribution in [3.63, 3.8) is 0 Å². The van der Waals surface area contributed by atoms with Gasteiger partial charge in [-0.3, -0.25) is 9.59 Å². The lowest BCUT2D eigenvalue weighted by Gasteiger charge is -2.13. The van der Waals surface area contributed by atoms with Crippen LogP contribution in [0.2, 0.25) is 0 Å². The molecule has 1 aliphatic heterocycles. The maximum atomic E-state index is 13.5. The Bertz CT molecular complexity index is 1140. The number of carbonyl (C=O) groups is 2. The molecule has 0 aliphatic carbocycles. The van der Waals surface area contributed by atoms with Gasteiger partial charge in [-0.1, -0.05) is 91.0 Å². The zero-order valence-corrected chi connectivity index (χ0v) is 15.6. The van der Waals surface area contributed by atoms with E-state index in [1.165, 1.54) is 4.90 Å². The molecule has 3 heteroatoms. The first-order valence-corrected chi connectivity index (χ1v) is 9.47. The molecule has 5 rings (SSSR count). The van der Waals surface area contributed by atoms with Gasteiger partial charge >= 0.3 is 0 Å². The molecule has 0 fully saturated rings. The van der Waals surface area contributed by atoms with E-state index in [0.717, 1.165) is 22.3 Å². The minimum atomic E-state index is -0.284. The van der Waals surface area contributed by atoms with Gasteiger partial charge in [0.25, 0.3) is 11.8 Å². The van der Waals surface area contributed by atoms with E-state index in [0.29, 0.717) is 16.8 Å². The molecule has 0 radical (unpaired) electrons. The van der Waals surface area contributed by atoms with Crippen LogP contribution >= 0.6 is 0 Å². The summed E-state index contributed by atoms with van der Waals surface area (Å²) in [4.78, 5) is 28.3. The Morgan fingerprint density at radius 1 is 0.448 bits per heavy atom. The number of carbonyl (C=O) groups excluding carboxylic acids is 2. The summed E-state index contributed by atoms with van der Waals surface area (Å²) in [6, 6.07) is 32.4. The molecule has 0 atom stereocenters. The lowest BCUT2D eigenvalue weighted by molar-refractivity contribution is 0.0926. The van der Waals surface area contributed by atoms with Crippen LogP contribution in [0, 0.1) is 0 Å². The highest BCUT2D eigenvalue weighted by Gasteiger charge is 2.40. The van der Waals surface area contributed by atoms with Crippen molar-refractivity contribution in [3.05, 3.63) is 114 Å². The topological polar surface area (TPSA) is 37.4 Å². The van der Waals surface area contributed by atoms with Crippen molar-refractivity contribution in [2.75, 3.05) is 4.90 Å². The molecular weight excluding hydrogens is 358 g/mol. The minimum absolute atomic E-state index is 0.284. The van der Waals surface area contributed by atoms with E-state index < -0.39 is 0 Å². The molecule has 0 saturated carbocycles. The molecule has 0 saturated heterocycles. The van der Waals surface area contributed by atoms with Gasteiger partial charge in [0.05, 0.1) is 16.8 Å². The number of nitrogens with zero attached hydrogens (tertiary/aromatic N) is 1. The Morgan fingerprint density at radius 2 is 0.828 bits per heavy atom. The molecule has 3 nitrogen and oxygen atoms in total. The number of amides is 2. The third kappa shape index (κ3) is 2.75. The average Bonchev–Trinajstić information content (AvgIpc) is 3.06. The smallest absolute Gasteiger partial charge is 0.266 e. The molecule has 0 bridgehead atoms. The van der Waals surface area contributed by atoms with Gasteiger partial charge in [0.2, 0.25) is 0 Å². The first kappa shape index (κ1) is 17.1. The van der Waals surface area contributed by atoms with E-state index in [-0.39, 0.29) is 11.8 Å². The number of hydrogen-bond donors (Lipinski definition) is 0. The molecule has 0 N–H and O–H groups in total. The molecule has 0 aromatic heterocycles. The molecule has 2 amide bonds. The van der Waals surface area contributed by atoms with Crippen molar-refractivity contribution in [1.82, 2.24) is 0 Å². The molecule has 0 spiro atoms. The highest BCUT2D eigenvalue weighted by Crippen LogP contribution is 2.40. The van der Waals surface area contributed by atoms with Crippen molar-refractivity contribution < 1.29 is 9.59 Å². The Morgan fingerprint density at radius 3 is 1.24 bits per heavy atom. The van der Waals surface area contributed by atoms with E-state index in [1.54, 1.807) is 12.1 Å². The Labute approximate surface area is 168 Å². The second-order valence-electron chi connectivity index (χ2n) is 6.92. The van der Waals surface area contributed by atoms with Crippen LogP contribution in [0.25, 0.3) is 22.3 Å². The number of anilines is 1. The number of fused-ring (bicyclic) bond motifs is 1. The van der Waals surface area contributed by atoms with Gasteiger partial charge < -0.3 is 0 Å². The number of hydrogen-bond acceptors (Lipinski definition) is 2. The van der Waals surface area contributed by atoms with Crippen molar-refractivity contribution in [2.45, 2.75) is 0 Å². The van der Waals surface area contributed by atoms with Crippen molar-refractivity contribution in [2.24, 2.45) is 0 Å². The maximum absolute atomic E-state index is 13.5. The van der Waals surface area contributed by atoms with E-state index in [4.69, 9.17) is 0 Å². The van der Waals surface area contributed by atoms with Gasteiger partial charge in [0.15, 0.2) is 0 Å². The molecule has 29 heavy (non-hydrogen) atoms. The zero-order chi connectivity index (χ0) is 19.8. The van der Waals surface area contributed by atoms with Crippen molar-refractivity contribution >= 4 is 17.5 Å². The number of benzene rings is 4. The largest absolute Gasteiger partial charge is 0.268 e. The van der Waals surface area contributed by atoms with Crippen LogP contribution in [0.5, 0.6) is 0 Å². The van der Waals surface area contributed by atoms with Gasteiger partial charge in [-0.25, -0.2) is 4.90 Å². The molecule has 1 heterocycles. The summed E-state index contributed by atoms with van der Waals surface area (Å²) < 4.78 is 0. The summed E-state index contributed by atoms with van der Waals surface area (Å²) in [6.45, 7) is 0. The van der Waals surface area contributed by atoms with Crippen molar-refractivity contribution in [1.29, 1.82) is 0 Å². The highest BCUT2D eigenvalue weighted by molar-refractivity contribution is 6.37. The third-order valence-electron chi connectivity index (χ3n) is 5.22. The predicted octanol–water partition coefficient (Wildman–Crippen LogP) is 5.82. The van der Waals surface area contributed by atoms with E-state index in [2.05, 4.69) is 0 Å². The monoisotopic (exact) mass is 375 g/mol. The van der Waals surface area contributed by atoms with Gasteiger partial charge in [-0.05, 0) is 34.4 Å². The van der Waals surface area contributed by atoms with E-state index >= 15 is 0 Å². The van der Waals surface area contributed by atoms with Crippen LogP contribution in [-0.4, -0.2) is 11.8 Å². The molecule has 138 valence electrons. The third-order valence-corrected chi connectivity index (χ3v) is 5.22. The number of imide groups is 1. The van der Waals surface area contributed by atoms with Crippen molar-refractivity contribution in [3.8, 4) is 22.3 Å². The fourth-order valence-corrected chi connectivity index (χ4v) is 3.89. The number of para-hydroxylation sites is 1. The van der Waals surface area contributed by atoms with Gasteiger partial charge in [-0.2, -0.15) is 0 Å². The minimum Gasteiger partial charge on any atom is -0.268 e. The summed E-state index contributed by atoms with van der Waals surface area (Å²) in [7, 11) is 0. The van der Waals surface area contributed by atoms with E-state index in [1.807, 2.05) is 91.0 Å². The zero-order valence-electron chi connectivity index (χ0n) is 15.6. The lowest BCUT2D eigenvalue weighted by atomic mass is 9.90. The normalized spacial score (nSPS) is 12.9. The van der Waals surface area contributed by atoms with Crippen LogP contribution in [-0.2, 0) is 0 Å². The lowest BCUT2D eigenvalue weighted by Crippen LogP contribution is -2.29. The van der Waals surface area contributed by atoms with Crippen LogP contribution in [0.15, 0.2) is 103 Å². The molecule has 0 unspecified atom stereocenters. The standard InChI is InChI=1S/C26H17NO2/c28-25-23-21(18-10-4-1-5-11-18)16-17-22(19-12-6-2-7-13-19)24(23)26(29)27(25)20-14-8-3-9-15-20/h1-17H. The van der Waals surface area contributed by atoms with Gasteiger partial charge in [-0.15, -0.1) is 0 Å². The second-order valence-corrected chi connectivity index (χ2v) is 6.92. The molecule has 1 aliphatic rings. The SMILES string of the molecule is O=C1c2c(-c3ccccc3)ccc(-c3ccccc3)c2C(=O)N1c1ccccc1. The summed E-state index contributed by atoms with van der Waals surface area (Å²) in [5.74, 6) is -0.569. The van der Waals surface area contributed by atoms with Gasteiger partial charge in [0, 0.05) is 0 Å². The summed E-state index contributed by atoms with van der Waals surface area (Å²) in [5.41, 5.74) is 4.89. The van der Waals surface area contributed by atoms with Crippen LogP contribution in [0.1, 0.15) is 20.7 Å². The Hall–Kier alpha value is -3.98. The van der Waals surface area contributed by atoms with Crippen LogP contribution in [0.4, 0.5) is 5.69 Å². The second kappa shape index (κ2) is 6.88. The summed E-state index contributed by atoms with van der Waals surface area (Å²) >= 11 is 0. The quantitative estimate of drug-likeness (QED) is 0.423.